The van der Waals surface area contributed by atoms with Crippen LogP contribution in [0.25, 0.3) is 10.9 Å². The molecule has 1 fully saturated rings. The zero-order chi connectivity index (χ0) is 23.5. The van der Waals surface area contributed by atoms with Crippen LogP contribution in [0.3, 0.4) is 0 Å². The molecule has 0 saturated carbocycles. The summed E-state index contributed by atoms with van der Waals surface area (Å²) in [7, 11) is 0. The molecule has 8 nitrogen and oxygen atoms in total. The normalized spacial score (nSPS) is 17.0. The van der Waals surface area contributed by atoms with Crippen LogP contribution >= 0.6 is 11.6 Å². The molecular formula is C23H23ClFN5O3. The Morgan fingerprint density at radius 2 is 2.00 bits per heavy atom. The number of carbonyl (C=O) groups excluding carboxylic acids is 3. The average Bonchev–Trinajstić information content (AvgIpc) is 3.23. The van der Waals surface area contributed by atoms with Gasteiger partial charge in [-0.05, 0) is 49.1 Å². The van der Waals surface area contributed by atoms with Gasteiger partial charge in [-0.2, -0.15) is 0 Å². The number of rotatable bonds is 6. The van der Waals surface area contributed by atoms with Gasteiger partial charge in [-0.25, -0.2) is 9.37 Å². The Labute approximate surface area is 194 Å². The summed E-state index contributed by atoms with van der Waals surface area (Å²) in [5.41, 5.74) is 7.04. The Bertz CT molecular complexity index is 1200. The second-order valence-electron chi connectivity index (χ2n) is 8.08. The molecule has 1 aromatic carbocycles. The first-order valence-corrected chi connectivity index (χ1v) is 11.0. The number of hydrogen-bond donors (Lipinski definition) is 3. The summed E-state index contributed by atoms with van der Waals surface area (Å²) in [6.07, 6.45) is 3.65. The number of nitrogens with one attached hydrogen (secondary N) is 2. The van der Waals surface area contributed by atoms with E-state index in [0.717, 1.165) is 12.8 Å². The zero-order valence-corrected chi connectivity index (χ0v) is 18.4. The van der Waals surface area contributed by atoms with Crippen molar-refractivity contribution in [3.8, 4) is 0 Å². The summed E-state index contributed by atoms with van der Waals surface area (Å²) >= 11 is 5.92. The molecule has 0 aliphatic carbocycles. The highest BCUT2D eigenvalue weighted by molar-refractivity contribution is 6.30. The number of nitrogens with zero attached hydrogens (tertiary/aromatic N) is 2. The number of primary amides is 1. The highest BCUT2D eigenvalue weighted by Gasteiger charge is 2.35. The molecule has 10 heteroatoms. The van der Waals surface area contributed by atoms with E-state index >= 15 is 0 Å². The molecule has 2 atom stereocenters. The predicted molar refractivity (Wildman–Crippen MR) is 121 cm³/mol. The Balaban J connectivity index is 1.60. The van der Waals surface area contributed by atoms with E-state index in [1.54, 1.807) is 24.3 Å². The average molecular weight is 472 g/mol. The molecule has 1 unspecified atom stereocenters. The topological polar surface area (TPSA) is 121 Å². The van der Waals surface area contributed by atoms with E-state index in [2.05, 4.69) is 15.3 Å². The van der Waals surface area contributed by atoms with Crippen LogP contribution in [0.1, 0.15) is 35.3 Å². The smallest absolute Gasteiger partial charge is 0.268 e. The van der Waals surface area contributed by atoms with Crippen LogP contribution in [0.2, 0.25) is 5.15 Å². The lowest BCUT2D eigenvalue weighted by Crippen LogP contribution is -2.57. The van der Waals surface area contributed by atoms with Gasteiger partial charge in [-0.15, -0.1) is 0 Å². The van der Waals surface area contributed by atoms with E-state index in [4.69, 9.17) is 17.3 Å². The molecule has 0 spiro atoms. The van der Waals surface area contributed by atoms with Crippen molar-refractivity contribution in [1.29, 1.82) is 0 Å². The minimum absolute atomic E-state index is 0.125. The van der Waals surface area contributed by atoms with Crippen molar-refractivity contribution in [1.82, 2.24) is 20.2 Å². The molecule has 3 aromatic rings. The number of aromatic amines is 1. The van der Waals surface area contributed by atoms with Crippen LogP contribution in [0.5, 0.6) is 0 Å². The predicted octanol–water partition coefficient (Wildman–Crippen LogP) is 2.56. The summed E-state index contributed by atoms with van der Waals surface area (Å²) in [5, 5.41) is 3.76. The Morgan fingerprint density at radius 1 is 1.24 bits per heavy atom. The standard InChI is InChI=1S/C23H23ClFN5O3/c24-20-11-14-10-16(28-18(14)12-27-20)22(32)29-17(9-13-4-6-15(25)7-5-13)23(33)30-8-2-1-3-19(30)21(26)31/h4-7,10-12,17,19,28H,1-3,8-9H2,(H2,26,31)(H,29,32)/t17-,19?/m0/s1. The third-order valence-electron chi connectivity index (χ3n) is 5.79. The van der Waals surface area contributed by atoms with Gasteiger partial charge in [0.2, 0.25) is 11.8 Å². The number of H-pyrrole nitrogens is 1. The van der Waals surface area contributed by atoms with Gasteiger partial charge >= 0.3 is 0 Å². The highest BCUT2D eigenvalue weighted by Crippen LogP contribution is 2.21. The molecule has 1 saturated heterocycles. The first-order chi connectivity index (χ1) is 15.8. The van der Waals surface area contributed by atoms with Gasteiger partial charge in [0.15, 0.2) is 0 Å². The lowest BCUT2D eigenvalue weighted by atomic mass is 9.98. The van der Waals surface area contributed by atoms with Crippen LogP contribution < -0.4 is 11.1 Å². The number of pyridine rings is 1. The Kier molecular flexibility index (Phi) is 6.60. The van der Waals surface area contributed by atoms with E-state index in [9.17, 15) is 18.8 Å². The molecule has 2 aromatic heterocycles. The summed E-state index contributed by atoms with van der Waals surface area (Å²) in [4.78, 5) is 46.8. The number of amides is 3. The van der Waals surface area contributed by atoms with Crippen molar-refractivity contribution in [2.75, 3.05) is 6.54 Å². The maximum absolute atomic E-state index is 13.5. The van der Waals surface area contributed by atoms with Gasteiger partial charge < -0.3 is 20.9 Å². The lowest BCUT2D eigenvalue weighted by molar-refractivity contribution is -0.142. The van der Waals surface area contributed by atoms with Crippen LogP contribution in [0.4, 0.5) is 4.39 Å². The third-order valence-corrected chi connectivity index (χ3v) is 5.99. The molecular weight excluding hydrogens is 449 g/mol. The van der Waals surface area contributed by atoms with E-state index < -0.39 is 35.6 Å². The fourth-order valence-corrected chi connectivity index (χ4v) is 4.28. The second kappa shape index (κ2) is 9.58. The first-order valence-electron chi connectivity index (χ1n) is 10.6. The number of hydrogen-bond acceptors (Lipinski definition) is 4. The van der Waals surface area contributed by atoms with Crippen molar-refractivity contribution in [2.24, 2.45) is 5.73 Å². The summed E-state index contributed by atoms with van der Waals surface area (Å²) in [6, 6.07) is 7.23. The molecule has 1 aliphatic rings. The van der Waals surface area contributed by atoms with E-state index in [1.807, 2.05) is 0 Å². The molecule has 3 amide bonds. The fourth-order valence-electron chi connectivity index (χ4n) is 4.11. The lowest BCUT2D eigenvalue weighted by Gasteiger charge is -2.36. The number of piperidine rings is 1. The number of fused-ring (bicyclic) bond motifs is 1. The van der Waals surface area contributed by atoms with Crippen molar-refractivity contribution in [3.63, 3.8) is 0 Å². The first kappa shape index (κ1) is 22.7. The highest BCUT2D eigenvalue weighted by atomic mass is 35.5. The summed E-state index contributed by atoms with van der Waals surface area (Å²) in [5.74, 6) is -1.89. The molecule has 1 aliphatic heterocycles. The molecule has 4 rings (SSSR count). The van der Waals surface area contributed by atoms with Crippen molar-refractivity contribution in [2.45, 2.75) is 37.8 Å². The quantitative estimate of drug-likeness (QED) is 0.478. The SMILES string of the molecule is NC(=O)C1CCCCN1C(=O)[C@H](Cc1ccc(F)cc1)NC(=O)c1cc2cc(Cl)ncc2[nH]1. The largest absolute Gasteiger partial charge is 0.368 e. The second-order valence-corrected chi connectivity index (χ2v) is 8.47. The number of nitrogens with two attached hydrogens (primary N) is 1. The summed E-state index contributed by atoms with van der Waals surface area (Å²) < 4.78 is 13.4. The number of halogens is 2. The Morgan fingerprint density at radius 3 is 2.73 bits per heavy atom. The monoisotopic (exact) mass is 471 g/mol. The number of likely N-dealkylation sites (tertiary alicyclic amines) is 1. The third kappa shape index (κ3) is 5.14. The molecule has 0 bridgehead atoms. The van der Waals surface area contributed by atoms with Gasteiger partial charge in [-0.1, -0.05) is 23.7 Å². The van der Waals surface area contributed by atoms with Crippen LogP contribution in [0.15, 0.2) is 42.6 Å². The van der Waals surface area contributed by atoms with Crippen LogP contribution in [-0.2, 0) is 16.0 Å². The van der Waals surface area contributed by atoms with Crippen molar-refractivity contribution in [3.05, 3.63) is 64.8 Å². The zero-order valence-electron chi connectivity index (χ0n) is 17.7. The van der Waals surface area contributed by atoms with Crippen LogP contribution in [-0.4, -0.2) is 51.2 Å². The van der Waals surface area contributed by atoms with E-state index in [0.29, 0.717) is 34.6 Å². The summed E-state index contributed by atoms with van der Waals surface area (Å²) in [6.45, 7) is 0.374. The maximum atomic E-state index is 13.5. The molecule has 4 N–H and O–H groups in total. The van der Waals surface area contributed by atoms with Crippen molar-refractivity contribution < 1.29 is 18.8 Å². The van der Waals surface area contributed by atoms with E-state index in [-0.39, 0.29) is 12.1 Å². The molecule has 172 valence electrons. The fraction of sp³-hybridized carbons (Fsp3) is 0.304. The van der Waals surface area contributed by atoms with Crippen LogP contribution in [0, 0.1) is 5.82 Å². The van der Waals surface area contributed by atoms with Crippen molar-refractivity contribution >= 4 is 40.2 Å². The van der Waals surface area contributed by atoms with Gasteiger partial charge in [0.05, 0.1) is 11.7 Å². The number of benzene rings is 1. The number of carbonyl (C=O) groups is 3. The van der Waals surface area contributed by atoms with Gasteiger partial charge in [0, 0.05) is 18.4 Å². The maximum Gasteiger partial charge on any atom is 0.268 e. The minimum Gasteiger partial charge on any atom is -0.368 e. The molecule has 0 radical (unpaired) electrons. The Hall–Kier alpha value is -3.46. The molecule has 3 heterocycles. The minimum atomic E-state index is -0.976. The molecule has 33 heavy (non-hydrogen) atoms. The number of aromatic nitrogens is 2. The van der Waals surface area contributed by atoms with Gasteiger partial charge in [0.25, 0.3) is 5.91 Å². The van der Waals surface area contributed by atoms with Gasteiger partial charge in [0.1, 0.15) is 28.7 Å². The van der Waals surface area contributed by atoms with Gasteiger partial charge in [-0.3, -0.25) is 14.4 Å². The van der Waals surface area contributed by atoms with E-state index in [1.165, 1.54) is 23.2 Å².